The lowest BCUT2D eigenvalue weighted by atomic mass is 10.3. The van der Waals surface area contributed by atoms with Crippen molar-refractivity contribution < 1.29 is 18.6 Å². The van der Waals surface area contributed by atoms with Gasteiger partial charge in [-0.2, -0.15) is 0 Å². The maximum Gasteiger partial charge on any atom is 0.323 e. The van der Waals surface area contributed by atoms with Gasteiger partial charge in [0.25, 0.3) is 0 Å². The molecule has 0 spiro atoms. The summed E-state index contributed by atoms with van der Waals surface area (Å²) in [6.45, 7) is 10.5. The summed E-state index contributed by atoms with van der Waals surface area (Å²) in [4.78, 5) is 11.6. The summed E-state index contributed by atoms with van der Waals surface area (Å²) in [6, 6.07) is 8.12. The monoisotopic (exact) mass is 315 g/mol. The quantitative estimate of drug-likeness (QED) is 0.638. The number of esters is 1. The van der Waals surface area contributed by atoms with E-state index in [0.29, 0.717) is 5.75 Å². The van der Waals surface area contributed by atoms with Gasteiger partial charge in [0.05, 0.1) is 6.10 Å². The molecular weight excluding hydrogens is 289 g/mol. The van der Waals surface area contributed by atoms with Gasteiger partial charge < -0.3 is 9.26 Å². The average Bonchev–Trinajstić information content (AvgIpc) is 2.40. The van der Waals surface area contributed by atoms with E-state index in [1.165, 1.54) is 6.66 Å². The topological polar surface area (TPSA) is 64.6 Å². The van der Waals surface area contributed by atoms with Crippen LogP contribution in [0.15, 0.2) is 30.3 Å². The molecule has 0 amide bonds. The van der Waals surface area contributed by atoms with Crippen molar-refractivity contribution in [2.75, 3.05) is 6.66 Å². The van der Waals surface area contributed by atoms with E-state index in [4.69, 9.17) is 9.26 Å². The highest BCUT2D eigenvalue weighted by Gasteiger charge is 2.25. The Bertz CT molecular complexity index is 462. The van der Waals surface area contributed by atoms with Gasteiger partial charge in [-0.1, -0.05) is 32.0 Å². The Morgan fingerprint density at radius 2 is 1.67 bits per heavy atom. The molecule has 0 heterocycles. The first-order valence-corrected chi connectivity index (χ1v) is 9.18. The summed E-state index contributed by atoms with van der Waals surface area (Å²) >= 11 is 0. The van der Waals surface area contributed by atoms with Crippen LogP contribution in [0.5, 0.6) is 5.75 Å². The first-order chi connectivity index (χ1) is 9.80. The summed E-state index contributed by atoms with van der Waals surface area (Å²) in [5.41, 5.74) is 0. The third-order valence-corrected chi connectivity index (χ3v) is 3.57. The fourth-order valence-corrected chi connectivity index (χ4v) is 2.83. The van der Waals surface area contributed by atoms with Crippen molar-refractivity contribution in [2.45, 2.75) is 46.8 Å². The number of benzene rings is 1. The molecule has 2 unspecified atom stereocenters. The molecule has 6 heteroatoms. The number of hydrogen-bond acceptors (Lipinski definition) is 4. The van der Waals surface area contributed by atoms with Crippen LogP contribution in [0.25, 0.3) is 0 Å². The van der Waals surface area contributed by atoms with Crippen LogP contribution >= 0.6 is 7.52 Å². The van der Waals surface area contributed by atoms with Crippen molar-refractivity contribution in [3.8, 4) is 5.75 Å². The first kappa shape index (κ1) is 19.7. The predicted molar refractivity (Wildman–Crippen MR) is 85.8 cm³/mol. The number of carbonyl (C=O) groups is 1. The number of nitrogens with one attached hydrogen (secondary N) is 1. The van der Waals surface area contributed by atoms with E-state index in [9.17, 15) is 9.36 Å². The fraction of sp³-hybridized carbons (Fsp3) is 0.533. The molecule has 21 heavy (non-hydrogen) atoms. The Balaban J connectivity index is 0.00000191. The Morgan fingerprint density at radius 1 is 1.14 bits per heavy atom. The van der Waals surface area contributed by atoms with Gasteiger partial charge >= 0.3 is 13.5 Å². The van der Waals surface area contributed by atoms with Gasteiger partial charge in [0.2, 0.25) is 0 Å². The van der Waals surface area contributed by atoms with Gasteiger partial charge in [-0.25, -0.2) is 5.09 Å². The van der Waals surface area contributed by atoms with Crippen molar-refractivity contribution in [3.05, 3.63) is 30.3 Å². The molecule has 1 N–H and O–H groups in total. The molecule has 1 aromatic rings. The lowest BCUT2D eigenvalue weighted by molar-refractivity contribution is -0.149. The number of carbonyl (C=O) groups excluding carboxylic acids is 1. The zero-order valence-corrected chi connectivity index (χ0v) is 14.5. The van der Waals surface area contributed by atoms with Crippen molar-refractivity contribution in [1.29, 1.82) is 0 Å². The third-order valence-electron chi connectivity index (χ3n) is 2.16. The fourth-order valence-electron chi connectivity index (χ4n) is 1.45. The first-order valence-electron chi connectivity index (χ1n) is 7.10. The van der Waals surface area contributed by atoms with Gasteiger partial charge in [-0.3, -0.25) is 9.36 Å². The normalized spacial score (nSPS) is 14.4. The minimum absolute atomic E-state index is 0.206. The zero-order chi connectivity index (χ0) is 16.5. The van der Waals surface area contributed by atoms with Crippen LogP contribution in [-0.4, -0.2) is 24.8 Å². The lowest BCUT2D eigenvalue weighted by Crippen LogP contribution is -2.35. The molecule has 1 rings (SSSR count). The van der Waals surface area contributed by atoms with Crippen molar-refractivity contribution in [1.82, 2.24) is 5.09 Å². The van der Waals surface area contributed by atoms with E-state index in [-0.39, 0.29) is 6.10 Å². The molecule has 0 aromatic heterocycles. The van der Waals surface area contributed by atoms with Crippen LogP contribution in [0.1, 0.15) is 34.6 Å². The van der Waals surface area contributed by atoms with E-state index < -0.39 is 19.5 Å². The highest BCUT2D eigenvalue weighted by Crippen LogP contribution is 2.39. The summed E-state index contributed by atoms with van der Waals surface area (Å²) in [6.07, 6.45) is -0.206. The highest BCUT2D eigenvalue weighted by atomic mass is 31.2. The van der Waals surface area contributed by atoms with Gasteiger partial charge in [-0.05, 0) is 32.9 Å². The molecule has 0 aliphatic rings. The Kier molecular flexibility index (Phi) is 8.98. The van der Waals surface area contributed by atoms with Crippen LogP contribution in [0, 0.1) is 0 Å². The second-order valence-corrected chi connectivity index (χ2v) is 6.72. The molecule has 0 saturated carbocycles. The van der Waals surface area contributed by atoms with Gasteiger partial charge in [-0.15, -0.1) is 0 Å². The Labute approximate surface area is 127 Å². The molecule has 0 fully saturated rings. The van der Waals surface area contributed by atoms with Crippen LogP contribution in [-0.2, 0) is 14.1 Å². The highest BCUT2D eigenvalue weighted by molar-refractivity contribution is 7.56. The van der Waals surface area contributed by atoms with E-state index in [0.717, 1.165) is 0 Å². The molecule has 120 valence electrons. The van der Waals surface area contributed by atoms with Crippen LogP contribution in [0.2, 0.25) is 0 Å². The molecule has 0 saturated heterocycles. The summed E-state index contributed by atoms with van der Waals surface area (Å²) in [7, 11) is -3.12. The molecule has 0 aliphatic carbocycles. The number of para-hydroxylation sites is 1. The average molecular weight is 315 g/mol. The van der Waals surface area contributed by atoms with Gasteiger partial charge in [0, 0.05) is 6.66 Å². The number of rotatable bonds is 6. The Morgan fingerprint density at radius 3 is 2.14 bits per heavy atom. The third kappa shape index (κ3) is 8.53. The molecule has 0 bridgehead atoms. The van der Waals surface area contributed by atoms with Crippen molar-refractivity contribution in [2.24, 2.45) is 0 Å². The minimum atomic E-state index is -3.12. The van der Waals surface area contributed by atoms with Crippen molar-refractivity contribution >= 4 is 13.5 Å². The lowest BCUT2D eigenvalue weighted by Gasteiger charge is -2.21. The summed E-state index contributed by atoms with van der Waals surface area (Å²) in [5.74, 6) is 0.0407. The van der Waals surface area contributed by atoms with Crippen molar-refractivity contribution in [3.63, 3.8) is 0 Å². The molecule has 2 atom stereocenters. The zero-order valence-electron chi connectivity index (χ0n) is 13.6. The molecule has 5 nitrogen and oxygen atoms in total. The van der Waals surface area contributed by atoms with Crippen LogP contribution in [0.3, 0.4) is 0 Å². The second kappa shape index (κ2) is 9.59. The van der Waals surface area contributed by atoms with Crippen LogP contribution in [0.4, 0.5) is 0 Å². The van der Waals surface area contributed by atoms with E-state index in [1.54, 1.807) is 45.0 Å². The van der Waals surface area contributed by atoms with E-state index in [2.05, 4.69) is 5.09 Å². The minimum Gasteiger partial charge on any atom is -0.462 e. The largest absolute Gasteiger partial charge is 0.462 e. The van der Waals surface area contributed by atoms with Crippen LogP contribution < -0.4 is 9.61 Å². The van der Waals surface area contributed by atoms with Gasteiger partial charge in [0.15, 0.2) is 0 Å². The number of ether oxygens (including phenoxy) is 1. The number of hydrogen-bond donors (Lipinski definition) is 1. The standard InChI is InChI=1S/C13H20NO4P.C2H6/c1-10(2)17-13(15)11(3)14-19(4,16)18-12-8-6-5-7-9-12;1-2/h5-11H,1-4H3,(H,14,16);1-2H3. The Hall–Kier alpha value is -1.32. The summed E-state index contributed by atoms with van der Waals surface area (Å²) in [5, 5.41) is 2.67. The molecule has 0 aliphatic heterocycles. The van der Waals surface area contributed by atoms with Gasteiger partial charge in [0.1, 0.15) is 11.8 Å². The van der Waals surface area contributed by atoms with E-state index >= 15 is 0 Å². The molecule has 1 aromatic carbocycles. The summed E-state index contributed by atoms with van der Waals surface area (Å²) < 4.78 is 22.6. The predicted octanol–water partition coefficient (Wildman–Crippen LogP) is 3.84. The maximum absolute atomic E-state index is 12.2. The second-order valence-electron chi connectivity index (χ2n) is 4.59. The molecular formula is C15H26NO4P. The van der Waals surface area contributed by atoms with E-state index in [1.807, 2.05) is 19.9 Å². The molecule has 0 radical (unpaired) electrons. The smallest absolute Gasteiger partial charge is 0.323 e. The SMILES string of the molecule is CC.CC(C)OC(=O)C(C)NP(C)(=O)Oc1ccccc1. The maximum atomic E-state index is 12.2.